The van der Waals surface area contributed by atoms with Gasteiger partial charge in [-0.25, -0.2) is 0 Å². The summed E-state index contributed by atoms with van der Waals surface area (Å²) in [5, 5.41) is 19.9. The highest BCUT2D eigenvalue weighted by Gasteiger charge is 2.50. The molecule has 15 heavy (non-hydrogen) atoms. The van der Waals surface area contributed by atoms with Crippen molar-refractivity contribution < 1.29 is 5.11 Å². The molecular formula is C13H21NO. The van der Waals surface area contributed by atoms with E-state index in [9.17, 15) is 10.4 Å². The smallest absolute Gasteiger partial charge is 0.0857 e. The molecule has 0 spiro atoms. The van der Waals surface area contributed by atoms with Gasteiger partial charge in [0.2, 0.25) is 0 Å². The second kappa shape index (κ2) is 3.79. The van der Waals surface area contributed by atoms with E-state index >= 15 is 0 Å². The van der Waals surface area contributed by atoms with Crippen LogP contribution < -0.4 is 0 Å². The fraction of sp³-hybridized carbons (Fsp3) is 0.923. The third kappa shape index (κ3) is 1.78. The lowest BCUT2D eigenvalue weighted by atomic mass is 9.66. The van der Waals surface area contributed by atoms with E-state index in [1.54, 1.807) is 0 Å². The van der Waals surface area contributed by atoms with Crippen LogP contribution in [-0.2, 0) is 0 Å². The lowest BCUT2D eigenvalue weighted by Gasteiger charge is -2.41. The molecule has 1 N–H and O–H groups in total. The number of hydrogen-bond donors (Lipinski definition) is 1. The minimum absolute atomic E-state index is 0.442. The van der Waals surface area contributed by atoms with Gasteiger partial charge in [-0.15, -0.1) is 0 Å². The van der Waals surface area contributed by atoms with Crippen molar-refractivity contribution in [3.05, 3.63) is 0 Å². The molecule has 0 heterocycles. The molecule has 0 aromatic carbocycles. The summed E-state index contributed by atoms with van der Waals surface area (Å²) in [5.74, 6) is 0.672. The van der Waals surface area contributed by atoms with Gasteiger partial charge in [-0.3, -0.25) is 0 Å². The summed E-state index contributed by atoms with van der Waals surface area (Å²) in [7, 11) is 0. The van der Waals surface area contributed by atoms with E-state index in [0.29, 0.717) is 5.92 Å². The van der Waals surface area contributed by atoms with Crippen LogP contribution in [0.1, 0.15) is 58.3 Å². The van der Waals surface area contributed by atoms with E-state index in [0.717, 1.165) is 32.1 Å². The number of hydrogen-bond acceptors (Lipinski definition) is 2. The van der Waals surface area contributed by atoms with Crippen LogP contribution in [0.3, 0.4) is 0 Å². The molecule has 2 aliphatic rings. The Kier molecular flexibility index (Phi) is 2.77. The van der Waals surface area contributed by atoms with Gasteiger partial charge in [0.15, 0.2) is 0 Å². The first-order valence-electron chi connectivity index (χ1n) is 6.23. The van der Waals surface area contributed by atoms with Crippen molar-refractivity contribution in [3.8, 4) is 6.07 Å². The van der Waals surface area contributed by atoms with E-state index in [2.05, 4.69) is 6.07 Å². The zero-order chi connectivity index (χ0) is 10.9. The summed E-state index contributed by atoms with van der Waals surface area (Å²) >= 11 is 0. The molecule has 2 saturated carbocycles. The molecule has 0 saturated heterocycles. The normalized spacial score (nSPS) is 29.1. The standard InChI is InChI=1S/C13H21NO/c1-12(15,9-11-5-4-6-11)13(10-14)7-2-3-8-13/h11,15H,2-9H2,1H3. The lowest BCUT2D eigenvalue weighted by Crippen LogP contribution is -2.45. The summed E-state index contributed by atoms with van der Waals surface area (Å²) in [6, 6.07) is 2.42. The molecule has 0 amide bonds. The second-order valence-corrected chi connectivity index (χ2v) is 5.68. The third-order valence-corrected chi connectivity index (χ3v) is 4.61. The highest BCUT2D eigenvalue weighted by Crippen LogP contribution is 2.50. The Hall–Kier alpha value is -0.550. The Morgan fingerprint density at radius 2 is 1.93 bits per heavy atom. The Morgan fingerprint density at radius 3 is 2.33 bits per heavy atom. The van der Waals surface area contributed by atoms with Gasteiger partial charge >= 0.3 is 0 Å². The number of nitriles is 1. The van der Waals surface area contributed by atoms with Gasteiger partial charge in [-0.05, 0) is 32.1 Å². The molecule has 84 valence electrons. The molecule has 1 atom stereocenters. The topological polar surface area (TPSA) is 44.0 Å². The first kappa shape index (κ1) is 11.0. The minimum atomic E-state index is -0.761. The van der Waals surface area contributed by atoms with Gasteiger partial charge in [0, 0.05) is 0 Å². The SMILES string of the molecule is CC(O)(CC1CCC1)C1(C#N)CCCC1. The van der Waals surface area contributed by atoms with Gasteiger partial charge in [0.1, 0.15) is 0 Å². The highest BCUT2D eigenvalue weighted by molar-refractivity contribution is 5.12. The predicted octanol–water partition coefficient (Wildman–Crippen LogP) is 3.01. The van der Waals surface area contributed by atoms with Crippen LogP contribution in [0.2, 0.25) is 0 Å². The van der Waals surface area contributed by atoms with Gasteiger partial charge in [-0.1, -0.05) is 32.1 Å². The molecule has 2 nitrogen and oxygen atoms in total. The van der Waals surface area contributed by atoms with E-state index < -0.39 is 11.0 Å². The van der Waals surface area contributed by atoms with Crippen molar-refractivity contribution in [2.45, 2.75) is 63.9 Å². The van der Waals surface area contributed by atoms with Crippen molar-refractivity contribution in [1.29, 1.82) is 5.26 Å². The van der Waals surface area contributed by atoms with Gasteiger partial charge in [0.25, 0.3) is 0 Å². The van der Waals surface area contributed by atoms with Crippen molar-refractivity contribution >= 4 is 0 Å². The van der Waals surface area contributed by atoms with Crippen LogP contribution in [-0.4, -0.2) is 10.7 Å². The fourth-order valence-corrected chi connectivity index (χ4v) is 3.20. The number of rotatable bonds is 3. The van der Waals surface area contributed by atoms with Gasteiger partial charge < -0.3 is 5.11 Å². The minimum Gasteiger partial charge on any atom is -0.389 e. The number of aliphatic hydroxyl groups is 1. The van der Waals surface area contributed by atoms with E-state index in [1.807, 2.05) is 6.92 Å². The Balaban J connectivity index is 2.07. The molecule has 2 rings (SSSR count). The molecule has 2 aliphatic carbocycles. The third-order valence-electron chi connectivity index (χ3n) is 4.61. The summed E-state index contributed by atoms with van der Waals surface area (Å²) in [4.78, 5) is 0. The maximum Gasteiger partial charge on any atom is 0.0857 e. The summed E-state index contributed by atoms with van der Waals surface area (Å²) < 4.78 is 0. The molecule has 0 aromatic heterocycles. The molecule has 2 heteroatoms. The highest BCUT2D eigenvalue weighted by atomic mass is 16.3. The zero-order valence-corrected chi connectivity index (χ0v) is 9.63. The summed E-state index contributed by atoms with van der Waals surface area (Å²) in [5.41, 5.74) is -1.20. The monoisotopic (exact) mass is 207 g/mol. The Morgan fingerprint density at radius 1 is 1.33 bits per heavy atom. The summed E-state index contributed by atoms with van der Waals surface area (Å²) in [6.07, 6.45) is 8.63. The molecule has 0 radical (unpaired) electrons. The van der Waals surface area contributed by atoms with Crippen molar-refractivity contribution in [2.75, 3.05) is 0 Å². The quantitative estimate of drug-likeness (QED) is 0.773. The summed E-state index contributed by atoms with van der Waals surface area (Å²) in [6.45, 7) is 1.89. The molecule has 1 unspecified atom stereocenters. The second-order valence-electron chi connectivity index (χ2n) is 5.68. The molecule has 0 aliphatic heterocycles. The average Bonchev–Trinajstić information content (AvgIpc) is 2.61. The molecule has 0 bridgehead atoms. The fourth-order valence-electron chi connectivity index (χ4n) is 3.20. The van der Waals surface area contributed by atoms with Crippen LogP contribution in [0, 0.1) is 22.7 Å². The van der Waals surface area contributed by atoms with Crippen molar-refractivity contribution in [3.63, 3.8) is 0 Å². The lowest BCUT2D eigenvalue weighted by molar-refractivity contribution is -0.0629. The largest absolute Gasteiger partial charge is 0.389 e. The van der Waals surface area contributed by atoms with Crippen molar-refractivity contribution in [2.24, 2.45) is 11.3 Å². The van der Waals surface area contributed by atoms with Gasteiger partial charge in [0.05, 0.1) is 17.1 Å². The number of nitrogens with zero attached hydrogens (tertiary/aromatic N) is 1. The van der Waals surface area contributed by atoms with Crippen LogP contribution in [0.5, 0.6) is 0 Å². The molecule has 2 fully saturated rings. The molecule has 0 aromatic rings. The zero-order valence-electron chi connectivity index (χ0n) is 9.63. The van der Waals surface area contributed by atoms with Gasteiger partial charge in [-0.2, -0.15) is 5.26 Å². The van der Waals surface area contributed by atoms with Crippen LogP contribution in [0.4, 0.5) is 0 Å². The van der Waals surface area contributed by atoms with E-state index in [4.69, 9.17) is 0 Å². The van der Waals surface area contributed by atoms with E-state index in [-0.39, 0.29) is 0 Å². The maximum absolute atomic E-state index is 10.6. The average molecular weight is 207 g/mol. The molecular weight excluding hydrogens is 186 g/mol. The van der Waals surface area contributed by atoms with E-state index in [1.165, 1.54) is 19.3 Å². The van der Waals surface area contributed by atoms with Crippen LogP contribution in [0.25, 0.3) is 0 Å². The first-order chi connectivity index (χ1) is 7.10. The Bertz CT molecular complexity index is 267. The predicted molar refractivity (Wildman–Crippen MR) is 59.1 cm³/mol. The van der Waals surface area contributed by atoms with Crippen LogP contribution in [0.15, 0.2) is 0 Å². The Labute approximate surface area is 92.3 Å². The van der Waals surface area contributed by atoms with Crippen molar-refractivity contribution in [1.82, 2.24) is 0 Å². The maximum atomic E-state index is 10.6. The first-order valence-corrected chi connectivity index (χ1v) is 6.23. The van der Waals surface area contributed by atoms with Crippen LogP contribution >= 0.6 is 0 Å².